The molecule has 9 heteroatoms. The lowest BCUT2D eigenvalue weighted by Gasteiger charge is -2.40. The molecule has 2 fully saturated rings. The van der Waals surface area contributed by atoms with E-state index in [1.807, 2.05) is 25.3 Å². The number of carbonyl (C=O) groups is 2. The Morgan fingerprint density at radius 3 is 2.73 bits per heavy atom. The molecule has 2 N–H and O–H groups in total. The summed E-state index contributed by atoms with van der Waals surface area (Å²) in [5, 5.41) is 5.64. The zero-order valence-electron chi connectivity index (χ0n) is 19.8. The van der Waals surface area contributed by atoms with Crippen molar-refractivity contribution in [2.45, 2.75) is 32.7 Å². The minimum atomic E-state index is -0.358. The van der Waals surface area contributed by atoms with Crippen molar-refractivity contribution < 1.29 is 14.3 Å². The van der Waals surface area contributed by atoms with Gasteiger partial charge in [0.25, 0.3) is 0 Å². The van der Waals surface area contributed by atoms with Gasteiger partial charge in [0.05, 0.1) is 18.2 Å². The molecule has 3 aliphatic rings. The van der Waals surface area contributed by atoms with E-state index < -0.39 is 0 Å². The zero-order chi connectivity index (χ0) is 23.2. The Balaban J connectivity index is 1.32. The fourth-order valence-electron chi connectivity index (χ4n) is 5.14. The fourth-order valence-corrected chi connectivity index (χ4v) is 5.14. The van der Waals surface area contributed by atoms with E-state index in [9.17, 15) is 9.59 Å². The van der Waals surface area contributed by atoms with Crippen molar-refractivity contribution in [1.82, 2.24) is 25.4 Å². The van der Waals surface area contributed by atoms with Gasteiger partial charge in [-0.25, -0.2) is 14.6 Å². The van der Waals surface area contributed by atoms with E-state index >= 15 is 0 Å². The van der Waals surface area contributed by atoms with Crippen LogP contribution in [0, 0.1) is 5.92 Å². The highest BCUT2D eigenvalue weighted by molar-refractivity contribution is 5.94. The van der Waals surface area contributed by atoms with Crippen LogP contribution in [0.1, 0.15) is 26.7 Å². The monoisotopic (exact) mass is 456 g/mol. The third-order valence-electron chi connectivity index (χ3n) is 6.71. The van der Waals surface area contributed by atoms with Crippen molar-refractivity contribution >= 4 is 17.8 Å². The maximum absolute atomic E-state index is 12.5. The van der Waals surface area contributed by atoms with E-state index in [0.29, 0.717) is 30.3 Å². The number of aromatic nitrogens is 1. The fraction of sp³-hybridized carbons (Fsp3) is 0.625. The Morgan fingerprint density at radius 1 is 1.18 bits per heavy atom. The van der Waals surface area contributed by atoms with Crippen molar-refractivity contribution in [3.05, 3.63) is 35.7 Å². The highest BCUT2D eigenvalue weighted by Gasteiger charge is 2.32. The zero-order valence-corrected chi connectivity index (χ0v) is 19.8. The predicted molar refractivity (Wildman–Crippen MR) is 127 cm³/mol. The lowest BCUT2D eigenvalue weighted by molar-refractivity contribution is -0.139. The highest BCUT2D eigenvalue weighted by atomic mass is 16.5. The largest absolute Gasteiger partial charge is 0.463 e. The number of piperidine rings is 1. The van der Waals surface area contributed by atoms with E-state index in [0.717, 1.165) is 58.1 Å². The molecule has 9 nitrogen and oxygen atoms in total. The molecule has 0 radical (unpaired) electrons. The van der Waals surface area contributed by atoms with Crippen LogP contribution in [0.4, 0.5) is 10.6 Å². The quantitative estimate of drug-likeness (QED) is 0.600. The number of ether oxygens (including phenoxy) is 1. The summed E-state index contributed by atoms with van der Waals surface area (Å²) in [6, 6.07) is 5.46. The molecule has 2 amide bonds. The molecule has 2 unspecified atom stereocenters. The van der Waals surface area contributed by atoms with E-state index in [1.165, 1.54) is 6.42 Å². The van der Waals surface area contributed by atoms with Crippen molar-refractivity contribution in [3.8, 4) is 0 Å². The normalized spacial score (nSPS) is 24.9. The van der Waals surface area contributed by atoms with Crippen LogP contribution >= 0.6 is 0 Å². The summed E-state index contributed by atoms with van der Waals surface area (Å²) in [5.74, 6) is 1.29. The van der Waals surface area contributed by atoms with Crippen molar-refractivity contribution in [2.24, 2.45) is 5.92 Å². The van der Waals surface area contributed by atoms with Gasteiger partial charge in [0.15, 0.2) is 0 Å². The number of nitrogens with zero attached hydrogens (tertiary/aromatic N) is 4. The second-order valence-corrected chi connectivity index (χ2v) is 9.15. The number of pyridine rings is 1. The van der Waals surface area contributed by atoms with Gasteiger partial charge in [0.2, 0.25) is 0 Å². The SMILES string of the molecule is CCOC(=O)C1=C(CN2CCCC(CN3CCN(c4ccccn4)CC3)C2)NC(=O)NC1C. The summed E-state index contributed by atoms with van der Waals surface area (Å²) in [6.07, 6.45) is 4.19. The molecule has 4 heterocycles. The first-order valence-electron chi connectivity index (χ1n) is 12.1. The van der Waals surface area contributed by atoms with Crippen LogP contribution in [-0.2, 0) is 9.53 Å². The van der Waals surface area contributed by atoms with E-state index in [-0.39, 0.29) is 18.0 Å². The summed E-state index contributed by atoms with van der Waals surface area (Å²) in [7, 11) is 0. The molecule has 4 rings (SSSR count). The van der Waals surface area contributed by atoms with Gasteiger partial charge in [-0.15, -0.1) is 0 Å². The number of likely N-dealkylation sites (tertiary alicyclic amines) is 1. The molecule has 0 bridgehead atoms. The minimum Gasteiger partial charge on any atom is -0.463 e. The first kappa shape index (κ1) is 23.5. The first-order chi connectivity index (χ1) is 16.0. The topological polar surface area (TPSA) is 90.0 Å². The van der Waals surface area contributed by atoms with Gasteiger partial charge in [-0.05, 0) is 51.3 Å². The lowest BCUT2D eigenvalue weighted by atomic mass is 9.96. The number of hydrogen-bond donors (Lipinski definition) is 2. The predicted octanol–water partition coefficient (Wildman–Crippen LogP) is 1.43. The van der Waals surface area contributed by atoms with Crippen LogP contribution in [0.25, 0.3) is 0 Å². The lowest BCUT2D eigenvalue weighted by Crippen LogP contribution is -2.52. The Labute approximate surface area is 196 Å². The molecular formula is C24H36N6O3. The average molecular weight is 457 g/mol. The number of urea groups is 1. The average Bonchev–Trinajstić information content (AvgIpc) is 2.80. The number of hydrogen-bond acceptors (Lipinski definition) is 7. The second kappa shape index (κ2) is 11.0. The first-order valence-corrected chi connectivity index (χ1v) is 12.1. The summed E-state index contributed by atoms with van der Waals surface area (Å²) in [6.45, 7) is 11.6. The number of anilines is 1. The van der Waals surface area contributed by atoms with Gasteiger partial charge in [-0.2, -0.15) is 0 Å². The minimum absolute atomic E-state index is 0.259. The molecule has 180 valence electrons. The number of rotatable bonds is 7. The number of carbonyl (C=O) groups excluding carboxylic acids is 2. The number of nitrogens with one attached hydrogen (secondary N) is 2. The molecule has 2 atom stereocenters. The van der Waals surface area contributed by atoms with Crippen LogP contribution in [0.2, 0.25) is 0 Å². The number of piperazine rings is 1. The van der Waals surface area contributed by atoms with Crippen molar-refractivity contribution in [1.29, 1.82) is 0 Å². The highest BCUT2D eigenvalue weighted by Crippen LogP contribution is 2.22. The third-order valence-corrected chi connectivity index (χ3v) is 6.71. The van der Waals surface area contributed by atoms with E-state index in [4.69, 9.17) is 4.74 Å². The summed E-state index contributed by atoms with van der Waals surface area (Å²) >= 11 is 0. The number of esters is 1. The van der Waals surface area contributed by atoms with Crippen LogP contribution in [-0.4, -0.2) is 91.8 Å². The molecule has 0 spiro atoms. The van der Waals surface area contributed by atoms with Crippen molar-refractivity contribution in [2.75, 3.05) is 63.9 Å². The molecule has 2 saturated heterocycles. The van der Waals surface area contributed by atoms with Crippen LogP contribution < -0.4 is 15.5 Å². The molecular weight excluding hydrogens is 420 g/mol. The van der Waals surface area contributed by atoms with Gasteiger partial charge in [-0.3, -0.25) is 9.80 Å². The summed E-state index contributed by atoms with van der Waals surface area (Å²) < 4.78 is 5.25. The Hall–Kier alpha value is -2.65. The standard InChI is InChI=1S/C24H36N6O3/c1-3-33-23(31)22-18(2)26-24(32)27-20(22)17-29-10-6-7-19(16-29)15-28-11-13-30(14-12-28)21-8-4-5-9-25-21/h4-5,8-9,18-19H,3,6-7,10-17H2,1-2H3,(H2,26,27,32). The molecule has 1 aromatic rings. The van der Waals surface area contributed by atoms with Gasteiger partial charge in [0.1, 0.15) is 5.82 Å². The summed E-state index contributed by atoms with van der Waals surface area (Å²) in [4.78, 5) is 36.3. The Bertz CT molecular complexity index is 853. The summed E-state index contributed by atoms with van der Waals surface area (Å²) in [5.41, 5.74) is 1.21. The molecule has 0 aliphatic carbocycles. The Morgan fingerprint density at radius 2 is 2.00 bits per heavy atom. The van der Waals surface area contributed by atoms with Crippen molar-refractivity contribution in [3.63, 3.8) is 0 Å². The van der Waals surface area contributed by atoms with Crippen LogP contribution in [0.5, 0.6) is 0 Å². The van der Waals surface area contributed by atoms with Gasteiger partial charge < -0.3 is 20.3 Å². The molecule has 0 aromatic carbocycles. The van der Waals surface area contributed by atoms with Crippen LogP contribution in [0.3, 0.4) is 0 Å². The molecule has 0 saturated carbocycles. The maximum atomic E-state index is 12.5. The van der Waals surface area contributed by atoms with Gasteiger partial charge in [0, 0.05) is 57.7 Å². The molecule has 1 aromatic heterocycles. The van der Waals surface area contributed by atoms with Gasteiger partial charge >= 0.3 is 12.0 Å². The third kappa shape index (κ3) is 6.03. The van der Waals surface area contributed by atoms with Gasteiger partial charge in [-0.1, -0.05) is 6.07 Å². The molecule has 33 heavy (non-hydrogen) atoms. The van der Waals surface area contributed by atoms with E-state index in [2.05, 4.69) is 36.4 Å². The van der Waals surface area contributed by atoms with E-state index in [1.54, 1.807) is 6.92 Å². The number of amides is 2. The smallest absolute Gasteiger partial charge is 0.337 e. The molecule has 3 aliphatic heterocycles. The second-order valence-electron chi connectivity index (χ2n) is 9.15. The Kier molecular flexibility index (Phi) is 7.82. The maximum Gasteiger partial charge on any atom is 0.337 e. The van der Waals surface area contributed by atoms with Crippen LogP contribution in [0.15, 0.2) is 35.7 Å².